The summed E-state index contributed by atoms with van der Waals surface area (Å²) in [7, 11) is 0. The molecule has 0 spiro atoms. The van der Waals surface area contributed by atoms with Crippen LogP contribution in [-0.4, -0.2) is 18.9 Å². The number of anilines is 1. The maximum atomic E-state index is 11.9. The Kier molecular flexibility index (Phi) is 4.00. The summed E-state index contributed by atoms with van der Waals surface area (Å²) in [6.45, 7) is 2.32. The standard InChI is InChI=1S/C10H13F3N2O/c1-7(6-14)15-8-2-4-9(5-3-8)16-10(11,12)13/h2-5,7,15H,6,14H2,1H3. The first-order valence-electron chi connectivity index (χ1n) is 4.73. The number of hydrogen-bond acceptors (Lipinski definition) is 3. The summed E-state index contributed by atoms with van der Waals surface area (Å²) in [5.74, 6) is -0.238. The van der Waals surface area contributed by atoms with Gasteiger partial charge in [0.15, 0.2) is 0 Å². The summed E-state index contributed by atoms with van der Waals surface area (Å²) in [6.07, 6.45) is -4.65. The molecule has 0 bridgehead atoms. The molecule has 0 aromatic heterocycles. The van der Waals surface area contributed by atoms with E-state index >= 15 is 0 Å². The molecule has 3 nitrogen and oxygen atoms in total. The normalized spacial score (nSPS) is 13.3. The predicted molar refractivity (Wildman–Crippen MR) is 55.3 cm³/mol. The number of alkyl halides is 3. The quantitative estimate of drug-likeness (QED) is 0.840. The van der Waals surface area contributed by atoms with Crippen LogP contribution >= 0.6 is 0 Å². The van der Waals surface area contributed by atoms with Crippen LogP contribution in [0.4, 0.5) is 18.9 Å². The molecule has 0 aliphatic rings. The monoisotopic (exact) mass is 234 g/mol. The molecule has 0 fully saturated rings. The van der Waals surface area contributed by atoms with E-state index in [9.17, 15) is 13.2 Å². The van der Waals surface area contributed by atoms with Crippen molar-refractivity contribution < 1.29 is 17.9 Å². The van der Waals surface area contributed by atoms with Crippen molar-refractivity contribution in [3.05, 3.63) is 24.3 Å². The Labute approximate surface area is 91.4 Å². The van der Waals surface area contributed by atoms with Crippen molar-refractivity contribution in [1.82, 2.24) is 0 Å². The zero-order valence-corrected chi connectivity index (χ0v) is 8.71. The molecular formula is C10H13F3N2O. The van der Waals surface area contributed by atoms with Gasteiger partial charge in [-0.1, -0.05) is 0 Å². The van der Waals surface area contributed by atoms with E-state index in [0.29, 0.717) is 12.2 Å². The molecule has 0 amide bonds. The number of nitrogens with two attached hydrogens (primary N) is 1. The third-order valence-electron chi connectivity index (χ3n) is 1.85. The van der Waals surface area contributed by atoms with Gasteiger partial charge in [-0.05, 0) is 31.2 Å². The van der Waals surface area contributed by atoms with Crippen molar-refractivity contribution >= 4 is 5.69 Å². The highest BCUT2D eigenvalue weighted by Gasteiger charge is 2.30. The minimum absolute atomic E-state index is 0.0642. The third-order valence-corrected chi connectivity index (χ3v) is 1.85. The highest BCUT2D eigenvalue weighted by atomic mass is 19.4. The van der Waals surface area contributed by atoms with E-state index < -0.39 is 6.36 Å². The van der Waals surface area contributed by atoms with Crippen molar-refractivity contribution in [2.24, 2.45) is 5.73 Å². The van der Waals surface area contributed by atoms with Crippen LogP contribution in [0.3, 0.4) is 0 Å². The van der Waals surface area contributed by atoms with Crippen LogP contribution in [0.25, 0.3) is 0 Å². The summed E-state index contributed by atoms with van der Waals surface area (Å²) in [5.41, 5.74) is 6.10. The van der Waals surface area contributed by atoms with E-state index in [4.69, 9.17) is 5.73 Å². The van der Waals surface area contributed by atoms with Crippen molar-refractivity contribution in [1.29, 1.82) is 0 Å². The zero-order chi connectivity index (χ0) is 12.2. The fraction of sp³-hybridized carbons (Fsp3) is 0.400. The second-order valence-electron chi connectivity index (χ2n) is 3.35. The topological polar surface area (TPSA) is 47.3 Å². The van der Waals surface area contributed by atoms with Crippen LogP contribution in [0.2, 0.25) is 0 Å². The maximum Gasteiger partial charge on any atom is 0.573 e. The smallest absolute Gasteiger partial charge is 0.406 e. The Balaban J connectivity index is 2.61. The second-order valence-corrected chi connectivity index (χ2v) is 3.35. The van der Waals surface area contributed by atoms with Crippen molar-refractivity contribution in [2.45, 2.75) is 19.3 Å². The largest absolute Gasteiger partial charge is 0.573 e. The first kappa shape index (κ1) is 12.6. The SMILES string of the molecule is CC(CN)Nc1ccc(OC(F)(F)F)cc1. The van der Waals surface area contributed by atoms with Gasteiger partial charge in [-0.25, -0.2) is 0 Å². The fourth-order valence-corrected chi connectivity index (χ4v) is 1.10. The molecule has 1 unspecified atom stereocenters. The van der Waals surface area contributed by atoms with E-state index in [2.05, 4.69) is 10.1 Å². The van der Waals surface area contributed by atoms with Crippen molar-refractivity contribution in [3.63, 3.8) is 0 Å². The molecule has 1 rings (SSSR count). The Morgan fingerprint density at radius 3 is 2.31 bits per heavy atom. The van der Waals surface area contributed by atoms with Crippen LogP contribution < -0.4 is 15.8 Å². The summed E-state index contributed by atoms with van der Waals surface area (Å²) in [6, 6.07) is 5.58. The van der Waals surface area contributed by atoms with Gasteiger partial charge >= 0.3 is 6.36 Å². The van der Waals surface area contributed by atoms with Gasteiger partial charge < -0.3 is 15.8 Å². The lowest BCUT2D eigenvalue weighted by Crippen LogP contribution is -2.25. The van der Waals surface area contributed by atoms with E-state index in [1.54, 1.807) is 0 Å². The Morgan fingerprint density at radius 1 is 1.31 bits per heavy atom. The highest BCUT2D eigenvalue weighted by molar-refractivity contribution is 5.47. The molecule has 1 aromatic rings. The number of nitrogens with one attached hydrogen (secondary N) is 1. The van der Waals surface area contributed by atoms with Gasteiger partial charge in [0.05, 0.1) is 0 Å². The number of hydrogen-bond donors (Lipinski definition) is 2. The molecule has 0 aliphatic carbocycles. The number of halogens is 3. The molecule has 1 atom stereocenters. The minimum atomic E-state index is -4.65. The number of benzene rings is 1. The van der Waals surface area contributed by atoms with Gasteiger partial charge in [0.25, 0.3) is 0 Å². The molecule has 0 saturated heterocycles. The van der Waals surface area contributed by atoms with Crippen molar-refractivity contribution in [2.75, 3.05) is 11.9 Å². The van der Waals surface area contributed by atoms with E-state index in [0.717, 1.165) is 0 Å². The predicted octanol–water partition coefficient (Wildman–Crippen LogP) is 2.34. The molecular weight excluding hydrogens is 221 g/mol. The lowest BCUT2D eigenvalue weighted by molar-refractivity contribution is -0.274. The molecule has 0 radical (unpaired) electrons. The first-order valence-corrected chi connectivity index (χ1v) is 4.73. The maximum absolute atomic E-state index is 11.9. The zero-order valence-electron chi connectivity index (χ0n) is 8.71. The molecule has 90 valence electrons. The molecule has 6 heteroatoms. The summed E-state index contributed by atoms with van der Waals surface area (Å²) in [5, 5.41) is 3.02. The van der Waals surface area contributed by atoms with Gasteiger partial charge in [-0.2, -0.15) is 0 Å². The number of rotatable bonds is 4. The van der Waals surface area contributed by atoms with E-state index in [-0.39, 0.29) is 11.8 Å². The van der Waals surface area contributed by atoms with Gasteiger partial charge in [-0.3, -0.25) is 0 Å². The Hall–Kier alpha value is -1.43. The fourth-order valence-electron chi connectivity index (χ4n) is 1.10. The van der Waals surface area contributed by atoms with E-state index in [1.165, 1.54) is 24.3 Å². The average Bonchev–Trinajstić information content (AvgIpc) is 2.18. The Bertz CT molecular complexity index is 324. The van der Waals surface area contributed by atoms with Crippen LogP contribution in [0.1, 0.15) is 6.92 Å². The molecule has 0 heterocycles. The summed E-state index contributed by atoms with van der Waals surface area (Å²) >= 11 is 0. The van der Waals surface area contributed by atoms with Gasteiger partial charge in [0.1, 0.15) is 5.75 Å². The molecule has 1 aromatic carbocycles. The van der Waals surface area contributed by atoms with Crippen LogP contribution in [-0.2, 0) is 0 Å². The van der Waals surface area contributed by atoms with Gasteiger partial charge in [0, 0.05) is 18.3 Å². The average molecular weight is 234 g/mol. The third kappa shape index (κ3) is 4.39. The molecule has 3 N–H and O–H groups in total. The molecule has 0 saturated carbocycles. The second kappa shape index (κ2) is 5.07. The minimum Gasteiger partial charge on any atom is -0.406 e. The van der Waals surface area contributed by atoms with Crippen LogP contribution in [0.5, 0.6) is 5.75 Å². The summed E-state index contributed by atoms with van der Waals surface area (Å²) in [4.78, 5) is 0. The van der Waals surface area contributed by atoms with Crippen molar-refractivity contribution in [3.8, 4) is 5.75 Å². The van der Waals surface area contributed by atoms with Crippen LogP contribution in [0, 0.1) is 0 Å². The summed E-state index contributed by atoms with van der Waals surface area (Å²) < 4.78 is 39.3. The number of ether oxygens (including phenoxy) is 1. The lowest BCUT2D eigenvalue weighted by Gasteiger charge is -2.13. The lowest BCUT2D eigenvalue weighted by atomic mass is 10.2. The van der Waals surface area contributed by atoms with E-state index in [1.807, 2.05) is 6.92 Å². The molecule has 0 aliphatic heterocycles. The van der Waals surface area contributed by atoms with Gasteiger partial charge in [-0.15, -0.1) is 13.2 Å². The van der Waals surface area contributed by atoms with Crippen LogP contribution in [0.15, 0.2) is 24.3 Å². The highest BCUT2D eigenvalue weighted by Crippen LogP contribution is 2.23. The Morgan fingerprint density at radius 2 is 1.88 bits per heavy atom. The first-order chi connectivity index (χ1) is 7.40. The van der Waals surface area contributed by atoms with Gasteiger partial charge in [0.2, 0.25) is 0 Å². The molecule has 16 heavy (non-hydrogen) atoms.